The Morgan fingerprint density at radius 3 is 2.58 bits per heavy atom. The molecule has 0 aromatic carbocycles. The summed E-state index contributed by atoms with van der Waals surface area (Å²) in [4.78, 5) is 27.0. The highest BCUT2D eigenvalue weighted by atomic mass is 16.5. The summed E-state index contributed by atoms with van der Waals surface area (Å²) < 4.78 is 5.19. The minimum Gasteiger partial charge on any atom is -0.383 e. The Bertz CT molecular complexity index is 364. The lowest BCUT2D eigenvalue weighted by Gasteiger charge is -2.49. The molecule has 5 heteroatoms. The van der Waals surface area contributed by atoms with Crippen molar-refractivity contribution in [1.82, 2.24) is 10.2 Å². The van der Waals surface area contributed by atoms with Crippen molar-refractivity contribution < 1.29 is 14.3 Å². The molecule has 2 aliphatic rings. The first kappa shape index (κ1) is 14.3. The van der Waals surface area contributed by atoms with E-state index in [1.807, 2.05) is 18.7 Å². The van der Waals surface area contributed by atoms with Crippen LogP contribution in [0, 0.1) is 0 Å². The van der Waals surface area contributed by atoms with Crippen LogP contribution in [-0.4, -0.2) is 48.1 Å². The maximum absolute atomic E-state index is 12.6. The van der Waals surface area contributed by atoms with Crippen molar-refractivity contribution >= 4 is 11.8 Å². The first-order chi connectivity index (χ1) is 9.06. The van der Waals surface area contributed by atoms with E-state index < -0.39 is 5.54 Å². The second-order valence-electron chi connectivity index (χ2n) is 5.69. The van der Waals surface area contributed by atoms with Crippen LogP contribution in [0.4, 0.5) is 0 Å². The van der Waals surface area contributed by atoms with E-state index >= 15 is 0 Å². The van der Waals surface area contributed by atoms with Gasteiger partial charge in [-0.3, -0.25) is 9.59 Å². The molecule has 2 fully saturated rings. The third-order valence-electron chi connectivity index (χ3n) is 4.41. The van der Waals surface area contributed by atoms with E-state index in [4.69, 9.17) is 4.74 Å². The monoisotopic (exact) mass is 268 g/mol. The number of carbonyl (C=O) groups excluding carboxylic acids is 2. The maximum atomic E-state index is 12.6. The Kier molecular flexibility index (Phi) is 4.13. The molecule has 1 aliphatic heterocycles. The Morgan fingerprint density at radius 1 is 1.42 bits per heavy atom. The van der Waals surface area contributed by atoms with Gasteiger partial charge < -0.3 is 15.0 Å². The molecule has 1 N–H and O–H groups in total. The van der Waals surface area contributed by atoms with Gasteiger partial charge in [0.05, 0.1) is 12.6 Å². The number of nitrogens with one attached hydrogen (secondary N) is 1. The van der Waals surface area contributed by atoms with Gasteiger partial charge in [-0.1, -0.05) is 19.8 Å². The lowest BCUT2D eigenvalue weighted by Crippen LogP contribution is -2.71. The predicted octanol–water partition coefficient (Wildman–Crippen LogP) is 1.07. The number of amides is 2. The molecule has 1 saturated carbocycles. The van der Waals surface area contributed by atoms with E-state index in [1.165, 1.54) is 0 Å². The maximum Gasteiger partial charge on any atom is 0.246 e. The van der Waals surface area contributed by atoms with Crippen LogP contribution < -0.4 is 5.32 Å². The lowest BCUT2D eigenvalue weighted by molar-refractivity contribution is -0.162. The number of piperazine rings is 1. The molecule has 1 heterocycles. The van der Waals surface area contributed by atoms with E-state index in [0.29, 0.717) is 13.0 Å². The molecule has 2 unspecified atom stereocenters. The largest absolute Gasteiger partial charge is 0.383 e. The van der Waals surface area contributed by atoms with Crippen LogP contribution in [-0.2, 0) is 14.3 Å². The van der Waals surface area contributed by atoms with E-state index in [-0.39, 0.29) is 23.9 Å². The van der Waals surface area contributed by atoms with Crippen LogP contribution >= 0.6 is 0 Å². The molecule has 0 radical (unpaired) electrons. The fourth-order valence-corrected chi connectivity index (χ4v) is 3.50. The number of hydrogen-bond donors (Lipinski definition) is 1. The molecular formula is C14H24N2O3. The Labute approximate surface area is 114 Å². The van der Waals surface area contributed by atoms with Gasteiger partial charge in [0.2, 0.25) is 11.8 Å². The average Bonchev–Trinajstić information content (AvgIpc) is 2.85. The zero-order valence-corrected chi connectivity index (χ0v) is 12.1. The third kappa shape index (κ3) is 2.24. The number of rotatable bonds is 4. The summed E-state index contributed by atoms with van der Waals surface area (Å²) in [5.74, 6) is 0.0768. The highest BCUT2D eigenvalue weighted by Gasteiger charge is 2.54. The van der Waals surface area contributed by atoms with Crippen LogP contribution in [0.2, 0.25) is 0 Å². The van der Waals surface area contributed by atoms with E-state index in [0.717, 1.165) is 25.7 Å². The fraction of sp³-hybridized carbons (Fsp3) is 0.857. The van der Waals surface area contributed by atoms with Crippen molar-refractivity contribution in [2.45, 2.75) is 63.6 Å². The molecule has 19 heavy (non-hydrogen) atoms. The molecule has 0 aromatic heterocycles. The standard InChI is InChI=1S/C14H24N2O3/c1-4-11-12(17)16(10(2)9-19-3)14(13(18)15-11)7-5-6-8-14/h10-11H,4-9H2,1-3H3,(H,15,18). The summed E-state index contributed by atoms with van der Waals surface area (Å²) in [5, 5.41) is 2.90. The Morgan fingerprint density at radius 2 is 2.05 bits per heavy atom. The lowest BCUT2D eigenvalue weighted by atomic mass is 9.87. The molecule has 0 aromatic rings. The topological polar surface area (TPSA) is 58.6 Å². The van der Waals surface area contributed by atoms with Gasteiger partial charge in [-0.2, -0.15) is 0 Å². The smallest absolute Gasteiger partial charge is 0.246 e. The second kappa shape index (κ2) is 5.49. The summed E-state index contributed by atoms with van der Waals surface area (Å²) in [6.07, 6.45) is 4.20. The molecule has 1 spiro atoms. The Balaban J connectivity index is 2.33. The van der Waals surface area contributed by atoms with Gasteiger partial charge in [0.1, 0.15) is 11.6 Å². The third-order valence-corrected chi connectivity index (χ3v) is 4.41. The summed E-state index contributed by atoms with van der Waals surface area (Å²) in [6.45, 7) is 4.36. The van der Waals surface area contributed by atoms with Crippen molar-refractivity contribution in [3.8, 4) is 0 Å². The number of ether oxygens (including phenoxy) is 1. The number of nitrogens with zero attached hydrogens (tertiary/aromatic N) is 1. The summed E-state index contributed by atoms with van der Waals surface area (Å²) in [5.41, 5.74) is -0.624. The summed E-state index contributed by atoms with van der Waals surface area (Å²) in [6, 6.07) is -0.436. The van der Waals surface area contributed by atoms with Gasteiger partial charge in [0.15, 0.2) is 0 Å². The zero-order chi connectivity index (χ0) is 14.0. The summed E-state index contributed by atoms with van der Waals surface area (Å²) in [7, 11) is 1.63. The normalized spacial score (nSPS) is 27.7. The van der Waals surface area contributed by atoms with Gasteiger partial charge in [-0.15, -0.1) is 0 Å². The number of hydrogen-bond acceptors (Lipinski definition) is 3. The zero-order valence-electron chi connectivity index (χ0n) is 12.1. The quantitative estimate of drug-likeness (QED) is 0.829. The van der Waals surface area contributed by atoms with Gasteiger partial charge in [0, 0.05) is 7.11 Å². The predicted molar refractivity (Wildman–Crippen MR) is 71.6 cm³/mol. The van der Waals surface area contributed by atoms with Crippen LogP contribution in [0.15, 0.2) is 0 Å². The fourth-order valence-electron chi connectivity index (χ4n) is 3.50. The van der Waals surface area contributed by atoms with Crippen LogP contribution in [0.5, 0.6) is 0 Å². The van der Waals surface area contributed by atoms with Crippen molar-refractivity contribution in [2.75, 3.05) is 13.7 Å². The molecular weight excluding hydrogens is 244 g/mol. The molecule has 2 rings (SSSR count). The van der Waals surface area contributed by atoms with Crippen LogP contribution in [0.3, 0.4) is 0 Å². The minimum atomic E-state index is -0.624. The molecule has 1 saturated heterocycles. The molecule has 5 nitrogen and oxygen atoms in total. The molecule has 1 aliphatic carbocycles. The average molecular weight is 268 g/mol. The van der Waals surface area contributed by atoms with E-state index in [1.54, 1.807) is 7.11 Å². The highest BCUT2D eigenvalue weighted by Crippen LogP contribution is 2.39. The first-order valence-corrected chi connectivity index (χ1v) is 7.20. The van der Waals surface area contributed by atoms with Gasteiger partial charge in [-0.25, -0.2) is 0 Å². The van der Waals surface area contributed by atoms with Crippen LogP contribution in [0.25, 0.3) is 0 Å². The van der Waals surface area contributed by atoms with Crippen molar-refractivity contribution in [3.63, 3.8) is 0 Å². The van der Waals surface area contributed by atoms with Crippen molar-refractivity contribution in [3.05, 3.63) is 0 Å². The van der Waals surface area contributed by atoms with Crippen molar-refractivity contribution in [2.24, 2.45) is 0 Å². The molecule has 0 bridgehead atoms. The van der Waals surface area contributed by atoms with E-state index in [2.05, 4.69) is 5.32 Å². The summed E-state index contributed by atoms with van der Waals surface area (Å²) >= 11 is 0. The van der Waals surface area contributed by atoms with Gasteiger partial charge in [-0.05, 0) is 26.2 Å². The minimum absolute atomic E-state index is 0.0272. The molecule has 2 amide bonds. The van der Waals surface area contributed by atoms with E-state index in [9.17, 15) is 9.59 Å². The molecule has 108 valence electrons. The number of methoxy groups -OCH3 is 1. The highest BCUT2D eigenvalue weighted by molar-refractivity contribution is 6.00. The van der Waals surface area contributed by atoms with Crippen LogP contribution in [0.1, 0.15) is 46.0 Å². The van der Waals surface area contributed by atoms with Gasteiger partial charge in [0.25, 0.3) is 0 Å². The second-order valence-corrected chi connectivity index (χ2v) is 5.69. The Hall–Kier alpha value is -1.10. The van der Waals surface area contributed by atoms with Crippen molar-refractivity contribution in [1.29, 1.82) is 0 Å². The SMILES string of the molecule is CCC1NC(=O)C2(CCCC2)N(C(C)COC)C1=O. The first-order valence-electron chi connectivity index (χ1n) is 7.20. The molecule has 2 atom stereocenters. The number of carbonyl (C=O) groups is 2. The van der Waals surface area contributed by atoms with Gasteiger partial charge >= 0.3 is 0 Å².